The van der Waals surface area contributed by atoms with Gasteiger partial charge in [-0.3, -0.25) is 0 Å². The Morgan fingerprint density at radius 3 is 2.65 bits per heavy atom. The van der Waals surface area contributed by atoms with Gasteiger partial charge in [-0.15, -0.1) is 11.6 Å². The van der Waals surface area contributed by atoms with Crippen LogP contribution in [0.5, 0.6) is 5.75 Å². The van der Waals surface area contributed by atoms with Gasteiger partial charge in [-0.25, -0.2) is 18.5 Å². The van der Waals surface area contributed by atoms with Crippen molar-refractivity contribution in [2.45, 2.75) is 4.90 Å². The number of methoxy groups -OCH3 is 1. The lowest BCUT2D eigenvalue weighted by Gasteiger charge is -2.07. The Kier molecular flexibility index (Phi) is 4.33. The average molecular weight is 278 g/mol. The Bertz CT molecular complexity index is 542. The maximum absolute atomic E-state index is 11.2. The second kappa shape index (κ2) is 5.35. The van der Waals surface area contributed by atoms with E-state index >= 15 is 0 Å². The zero-order valence-corrected chi connectivity index (χ0v) is 10.6. The molecule has 0 radical (unpaired) electrons. The van der Waals surface area contributed by atoms with Gasteiger partial charge in [-0.05, 0) is 12.1 Å². The van der Waals surface area contributed by atoms with Gasteiger partial charge in [0, 0.05) is 6.07 Å². The number of nitrogens with two attached hydrogens (primary N) is 2. The Morgan fingerprint density at radius 1 is 1.53 bits per heavy atom. The number of sulfonamides is 1. The number of benzene rings is 1. The second-order valence-corrected chi connectivity index (χ2v) is 4.91. The molecule has 0 spiro atoms. The van der Waals surface area contributed by atoms with E-state index in [0.717, 1.165) is 0 Å². The largest absolute Gasteiger partial charge is 0.495 e. The molecule has 0 bridgehead atoms. The Morgan fingerprint density at radius 2 is 2.18 bits per heavy atom. The molecule has 6 nitrogen and oxygen atoms in total. The van der Waals surface area contributed by atoms with Crippen molar-refractivity contribution in [3.63, 3.8) is 0 Å². The van der Waals surface area contributed by atoms with E-state index in [1.165, 1.54) is 25.3 Å². The smallest absolute Gasteiger partial charge is 0.241 e. The van der Waals surface area contributed by atoms with Crippen molar-refractivity contribution in [2.75, 3.05) is 13.0 Å². The molecule has 0 heterocycles. The quantitative estimate of drug-likeness (QED) is 0.476. The second-order valence-electron chi connectivity index (χ2n) is 3.12. The Hall–Kier alpha value is -1.31. The predicted octanol–water partition coefficient (Wildman–Crippen LogP) is 0.570. The van der Waals surface area contributed by atoms with Crippen LogP contribution in [-0.4, -0.2) is 27.2 Å². The monoisotopic (exact) mass is 277 g/mol. The van der Waals surface area contributed by atoms with E-state index in [1.54, 1.807) is 0 Å². The van der Waals surface area contributed by atoms with Crippen LogP contribution in [0.3, 0.4) is 0 Å². The van der Waals surface area contributed by atoms with Crippen LogP contribution in [0.15, 0.2) is 28.1 Å². The molecule has 0 aliphatic carbocycles. The highest BCUT2D eigenvalue weighted by Crippen LogP contribution is 2.27. The van der Waals surface area contributed by atoms with Crippen LogP contribution in [-0.2, 0) is 10.0 Å². The summed E-state index contributed by atoms with van der Waals surface area (Å²) in [6, 6.07) is 4.18. The van der Waals surface area contributed by atoms with Gasteiger partial charge >= 0.3 is 0 Å². The van der Waals surface area contributed by atoms with E-state index in [4.69, 9.17) is 27.2 Å². The standard InChI is InChI=1S/C9H12ClN3O3S/c1-16-7-4-6(13-9(11)5-10)2-3-8(7)17(12,14)15/h2-4H,5H2,1H3,(H2,11,13)(H2,12,14,15). The Balaban J connectivity index is 3.28. The number of alkyl halides is 1. The molecular formula is C9H12ClN3O3S. The van der Waals surface area contributed by atoms with E-state index in [-0.39, 0.29) is 22.4 Å². The molecule has 1 aromatic rings. The predicted molar refractivity (Wildman–Crippen MR) is 66.4 cm³/mol. The molecule has 0 amide bonds. The molecule has 17 heavy (non-hydrogen) atoms. The number of amidine groups is 1. The van der Waals surface area contributed by atoms with Crippen molar-refractivity contribution < 1.29 is 13.2 Å². The van der Waals surface area contributed by atoms with Crippen LogP contribution in [0.4, 0.5) is 5.69 Å². The molecule has 94 valence electrons. The van der Waals surface area contributed by atoms with Crippen LogP contribution in [0.25, 0.3) is 0 Å². The third-order valence-corrected chi connectivity index (χ3v) is 3.09. The lowest BCUT2D eigenvalue weighted by Crippen LogP contribution is -2.14. The van der Waals surface area contributed by atoms with Gasteiger partial charge in [-0.1, -0.05) is 0 Å². The summed E-state index contributed by atoms with van der Waals surface area (Å²) >= 11 is 5.48. The van der Waals surface area contributed by atoms with Gasteiger partial charge in [0.25, 0.3) is 0 Å². The third kappa shape index (κ3) is 3.58. The molecule has 0 aliphatic heterocycles. The van der Waals surface area contributed by atoms with Gasteiger partial charge in [0.2, 0.25) is 10.0 Å². The van der Waals surface area contributed by atoms with Crippen LogP contribution in [0, 0.1) is 0 Å². The van der Waals surface area contributed by atoms with Gasteiger partial charge in [-0.2, -0.15) is 0 Å². The first-order valence-electron chi connectivity index (χ1n) is 4.48. The summed E-state index contributed by atoms with van der Waals surface area (Å²) in [6.45, 7) is 0. The van der Waals surface area contributed by atoms with Crippen molar-refractivity contribution in [1.82, 2.24) is 0 Å². The van der Waals surface area contributed by atoms with Gasteiger partial charge in [0.15, 0.2) is 0 Å². The lowest BCUT2D eigenvalue weighted by molar-refractivity contribution is 0.403. The highest BCUT2D eigenvalue weighted by molar-refractivity contribution is 7.89. The summed E-state index contributed by atoms with van der Waals surface area (Å²) in [5, 5.41) is 5.02. The van der Waals surface area contributed by atoms with Crippen LogP contribution in [0.1, 0.15) is 0 Å². The normalized spacial score (nSPS) is 12.5. The summed E-state index contributed by atoms with van der Waals surface area (Å²) in [4.78, 5) is 3.85. The number of aliphatic imine (C=N–C) groups is 1. The fourth-order valence-corrected chi connectivity index (χ4v) is 1.90. The molecule has 1 rings (SSSR count). The molecule has 0 saturated carbocycles. The van der Waals surface area contributed by atoms with Crippen molar-refractivity contribution in [2.24, 2.45) is 15.9 Å². The van der Waals surface area contributed by atoms with E-state index in [1.807, 2.05) is 0 Å². The summed E-state index contributed by atoms with van der Waals surface area (Å²) in [5.74, 6) is 0.410. The third-order valence-electron chi connectivity index (χ3n) is 1.86. The topological polar surface area (TPSA) is 108 Å². The number of primary sulfonamides is 1. The Labute approximate surface area is 104 Å². The summed E-state index contributed by atoms with van der Waals surface area (Å²) in [6.07, 6.45) is 0. The zero-order valence-electron chi connectivity index (χ0n) is 9.05. The molecule has 0 unspecified atom stereocenters. The fraction of sp³-hybridized carbons (Fsp3) is 0.222. The molecule has 0 fully saturated rings. The van der Waals surface area contributed by atoms with Crippen molar-refractivity contribution in [3.8, 4) is 5.75 Å². The molecule has 0 saturated heterocycles. The number of nitrogens with zero attached hydrogens (tertiary/aromatic N) is 1. The summed E-state index contributed by atoms with van der Waals surface area (Å²) in [5.41, 5.74) is 5.89. The fourth-order valence-electron chi connectivity index (χ4n) is 1.16. The maximum atomic E-state index is 11.2. The average Bonchev–Trinajstić information content (AvgIpc) is 2.27. The highest BCUT2D eigenvalue weighted by atomic mass is 35.5. The van der Waals surface area contributed by atoms with Gasteiger partial charge < -0.3 is 10.5 Å². The molecular weight excluding hydrogens is 266 g/mol. The van der Waals surface area contributed by atoms with E-state index in [9.17, 15) is 8.42 Å². The van der Waals surface area contributed by atoms with Crippen molar-refractivity contribution in [1.29, 1.82) is 0 Å². The molecule has 0 aliphatic rings. The highest BCUT2D eigenvalue weighted by Gasteiger charge is 2.14. The number of ether oxygens (including phenoxy) is 1. The number of halogens is 1. The molecule has 0 atom stereocenters. The van der Waals surface area contributed by atoms with Crippen LogP contribution in [0.2, 0.25) is 0 Å². The number of hydrogen-bond donors (Lipinski definition) is 2. The van der Waals surface area contributed by atoms with Gasteiger partial charge in [0.1, 0.15) is 16.5 Å². The van der Waals surface area contributed by atoms with Crippen molar-refractivity contribution >= 4 is 33.1 Å². The maximum Gasteiger partial charge on any atom is 0.241 e. The number of rotatable bonds is 4. The minimum Gasteiger partial charge on any atom is -0.495 e. The lowest BCUT2D eigenvalue weighted by atomic mass is 10.3. The van der Waals surface area contributed by atoms with E-state index < -0.39 is 10.0 Å². The molecule has 8 heteroatoms. The SMILES string of the molecule is COc1cc(N=C(N)CCl)ccc1S(N)(=O)=O. The molecule has 1 aromatic carbocycles. The first-order chi connectivity index (χ1) is 7.88. The minimum absolute atomic E-state index is 0.0826. The first kappa shape index (κ1) is 13.8. The zero-order chi connectivity index (χ0) is 13.1. The summed E-state index contributed by atoms with van der Waals surface area (Å²) < 4.78 is 27.4. The van der Waals surface area contributed by atoms with E-state index in [0.29, 0.717) is 5.69 Å². The van der Waals surface area contributed by atoms with E-state index in [2.05, 4.69) is 4.99 Å². The molecule has 0 aromatic heterocycles. The first-order valence-corrected chi connectivity index (χ1v) is 6.56. The van der Waals surface area contributed by atoms with Crippen molar-refractivity contribution in [3.05, 3.63) is 18.2 Å². The summed E-state index contributed by atoms with van der Waals surface area (Å²) in [7, 11) is -2.49. The van der Waals surface area contributed by atoms with Crippen LogP contribution < -0.4 is 15.6 Å². The number of hydrogen-bond acceptors (Lipinski definition) is 4. The molecule has 4 N–H and O–H groups in total. The minimum atomic E-state index is -3.83. The van der Waals surface area contributed by atoms with Gasteiger partial charge in [0.05, 0.1) is 18.7 Å². The van der Waals surface area contributed by atoms with Crippen LogP contribution >= 0.6 is 11.6 Å².